The van der Waals surface area contributed by atoms with Crippen LogP contribution in [-0.2, 0) is 0 Å². The van der Waals surface area contributed by atoms with Crippen LogP contribution in [0.15, 0.2) is 21.2 Å². The van der Waals surface area contributed by atoms with Crippen molar-refractivity contribution < 1.29 is 4.42 Å². The molecule has 1 aromatic rings. The maximum Gasteiger partial charge on any atom is 0.135 e. The van der Waals surface area contributed by atoms with Gasteiger partial charge in [0.1, 0.15) is 5.76 Å². The molecule has 1 N–H and O–H groups in total. The zero-order valence-electron chi connectivity index (χ0n) is 12.0. The Hall–Kier alpha value is -0.280. The first-order valence-corrected chi connectivity index (χ1v) is 8.58. The second kappa shape index (κ2) is 8.11. The van der Waals surface area contributed by atoms with Gasteiger partial charge in [-0.15, -0.1) is 0 Å². The lowest BCUT2D eigenvalue weighted by Crippen LogP contribution is -2.29. The molecule has 3 heteroatoms. The molecule has 0 saturated heterocycles. The number of halogens is 1. The molecule has 1 fully saturated rings. The van der Waals surface area contributed by atoms with Crippen molar-refractivity contribution in [2.24, 2.45) is 5.92 Å². The van der Waals surface area contributed by atoms with Gasteiger partial charge < -0.3 is 9.73 Å². The molecule has 0 aliphatic heterocycles. The Labute approximate surface area is 125 Å². The summed E-state index contributed by atoms with van der Waals surface area (Å²) in [6, 6.07) is 2.39. The third-order valence-corrected chi connectivity index (χ3v) is 4.82. The molecule has 1 unspecified atom stereocenters. The van der Waals surface area contributed by atoms with Gasteiger partial charge in [-0.1, -0.05) is 39.0 Å². The van der Waals surface area contributed by atoms with Gasteiger partial charge in [-0.25, -0.2) is 0 Å². The minimum atomic E-state index is 0.377. The molecule has 0 aromatic carbocycles. The van der Waals surface area contributed by atoms with Gasteiger partial charge in [-0.2, -0.15) is 0 Å². The van der Waals surface area contributed by atoms with Crippen LogP contribution in [0, 0.1) is 5.92 Å². The van der Waals surface area contributed by atoms with Gasteiger partial charge in [0, 0.05) is 0 Å². The van der Waals surface area contributed by atoms with E-state index in [9.17, 15) is 0 Å². The first kappa shape index (κ1) is 15.1. The van der Waals surface area contributed by atoms with Crippen LogP contribution in [0.2, 0.25) is 0 Å². The standard InChI is InChI=1S/C16H26BrNO/c1-2-11-18-15(16-14(17)10-12-19-16)13-8-6-4-3-5-7-9-13/h10,12-13,15,18H,2-9,11H2,1H3. The average molecular weight is 328 g/mol. The average Bonchev–Trinajstić information content (AvgIpc) is 2.78. The summed E-state index contributed by atoms with van der Waals surface area (Å²) in [5.74, 6) is 1.81. The van der Waals surface area contributed by atoms with E-state index in [1.165, 1.54) is 51.4 Å². The summed E-state index contributed by atoms with van der Waals surface area (Å²) in [5.41, 5.74) is 0. The van der Waals surface area contributed by atoms with Gasteiger partial charge in [0.15, 0.2) is 0 Å². The van der Waals surface area contributed by atoms with Crippen molar-refractivity contribution in [1.82, 2.24) is 5.32 Å². The van der Waals surface area contributed by atoms with Gasteiger partial charge >= 0.3 is 0 Å². The van der Waals surface area contributed by atoms with E-state index in [-0.39, 0.29) is 0 Å². The van der Waals surface area contributed by atoms with Crippen LogP contribution < -0.4 is 5.32 Å². The number of hydrogen-bond acceptors (Lipinski definition) is 2. The molecule has 0 radical (unpaired) electrons. The van der Waals surface area contributed by atoms with E-state index in [4.69, 9.17) is 4.42 Å². The molecule has 1 aromatic heterocycles. The van der Waals surface area contributed by atoms with Crippen LogP contribution >= 0.6 is 15.9 Å². The Kier molecular flexibility index (Phi) is 6.45. The summed E-state index contributed by atoms with van der Waals surface area (Å²) in [6.45, 7) is 3.29. The van der Waals surface area contributed by atoms with E-state index in [1.54, 1.807) is 6.26 Å². The highest BCUT2D eigenvalue weighted by Crippen LogP contribution is 2.36. The Balaban J connectivity index is 2.08. The third-order valence-electron chi connectivity index (χ3n) is 4.16. The fourth-order valence-corrected chi connectivity index (χ4v) is 3.57. The zero-order valence-corrected chi connectivity index (χ0v) is 13.5. The smallest absolute Gasteiger partial charge is 0.135 e. The van der Waals surface area contributed by atoms with E-state index in [2.05, 4.69) is 28.2 Å². The van der Waals surface area contributed by atoms with Crippen LogP contribution in [0.5, 0.6) is 0 Å². The molecule has 2 nitrogen and oxygen atoms in total. The topological polar surface area (TPSA) is 25.2 Å². The summed E-state index contributed by atoms with van der Waals surface area (Å²) in [7, 11) is 0. The second-order valence-electron chi connectivity index (χ2n) is 5.67. The fraction of sp³-hybridized carbons (Fsp3) is 0.750. The van der Waals surface area contributed by atoms with Crippen LogP contribution in [0.4, 0.5) is 0 Å². The quantitative estimate of drug-likeness (QED) is 0.778. The van der Waals surface area contributed by atoms with Crippen molar-refractivity contribution in [3.63, 3.8) is 0 Å². The predicted molar refractivity (Wildman–Crippen MR) is 83.3 cm³/mol. The first-order valence-electron chi connectivity index (χ1n) is 7.79. The highest BCUT2D eigenvalue weighted by molar-refractivity contribution is 9.10. The van der Waals surface area contributed by atoms with Crippen molar-refractivity contribution in [2.45, 2.75) is 64.3 Å². The fourth-order valence-electron chi connectivity index (χ4n) is 3.12. The van der Waals surface area contributed by atoms with Crippen molar-refractivity contribution >= 4 is 15.9 Å². The molecule has 1 aliphatic rings. The summed E-state index contributed by atoms with van der Waals surface area (Å²) in [6.07, 6.45) is 12.6. The molecule has 0 amide bonds. The van der Waals surface area contributed by atoms with E-state index >= 15 is 0 Å². The van der Waals surface area contributed by atoms with Gasteiger partial charge in [0.25, 0.3) is 0 Å². The Bertz CT molecular complexity index is 355. The van der Waals surface area contributed by atoms with Crippen molar-refractivity contribution in [1.29, 1.82) is 0 Å². The van der Waals surface area contributed by atoms with Crippen LogP contribution in [0.1, 0.15) is 70.1 Å². The summed E-state index contributed by atoms with van der Waals surface area (Å²) >= 11 is 3.63. The minimum Gasteiger partial charge on any atom is -0.466 e. The monoisotopic (exact) mass is 327 g/mol. The van der Waals surface area contributed by atoms with Gasteiger partial charge in [0.05, 0.1) is 16.8 Å². The normalized spacial score (nSPS) is 19.9. The Morgan fingerprint density at radius 2 is 1.95 bits per heavy atom. The Morgan fingerprint density at radius 3 is 2.53 bits per heavy atom. The molecule has 108 valence electrons. The van der Waals surface area contributed by atoms with Crippen molar-refractivity contribution in [3.05, 3.63) is 22.6 Å². The summed E-state index contributed by atoms with van der Waals surface area (Å²) in [4.78, 5) is 0. The van der Waals surface area contributed by atoms with Gasteiger partial charge in [-0.05, 0) is 53.7 Å². The first-order chi connectivity index (χ1) is 9.33. The molecular formula is C16H26BrNO. The molecule has 19 heavy (non-hydrogen) atoms. The number of hydrogen-bond donors (Lipinski definition) is 1. The highest BCUT2D eigenvalue weighted by Gasteiger charge is 2.27. The number of rotatable bonds is 5. The van der Waals surface area contributed by atoms with Gasteiger partial charge in [0.2, 0.25) is 0 Å². The lowest BCUT2D eigenvalue weighted by Gasteiger charge is -2.28. The maximum absolute atomic E-state index is 5.74. The molecule has 1 saturated carbocycles. The predicted octanol–water partition coefficient (Wildman–Crippen LogP) is 5.44. The Morgan fingerprint density at radius 1 is 1.26 bits per heavy atom. The summed E-state index contributed by atoms with van der Waals surface area (Å²) < 4.78 is 6.85. The number of nitrogens with one attached hydrogen (secondary N) is 1. The van der Waals surface area contributed by atoms with E-state index in [0.717, 1.165) is 16.8 Å². The molecule has 2 rings (SSSR count). The SMILES string of the molecule is CCCNC(c1occc1Br)C1CCCCCCC1. The van der Waals surface area contributed by atoms with Crippen molar-refractivity contribution in [2.75, 3.05) is 6.54 Å². The van der Waals surface area contributed by atoms with Crippen LogP contribution in [0.25, 0.3) is 0 Å². The van der Waals surface area contributed by atoms with E-state index in [0.29, 0.717) is 12.0 Å². The zero-order chi connectivity index (χ0) is 13.5. The second-order valence-corrected chi connectivity index (χ2v) is 6.52. The van der Waals surface area contributed by atoms with Crippen LogP contribution in [0.3, 0.4) is 0 Å². The number of furan rings is 1. The molecule has 1 atom stereocenters. The molecule has 0 bridgehead atoms. The third kappa shape index (κ3) is 4.35. The molecule has 1 heterocycles. The molecule has 0 spiro atoms. The molecular weight excluding hydrogens is 302 g/mol. The van der Waals surface area contributed by atoms with E-state index < -0.39 is 0 Å². The highest BCUT2D eigenvalue weighted by atomic mass is 79.9. The van der Waals surface area contributed by atoms with Gasteiger partial charge in [-0.3, -0.25) is 0 Å². The van der Waals surface area contributed by atoms with E-state index in [1.807, 2.05) is 6.07 Å². The summed E-state index contributed by atoms with van der Waals surface area (Å²) in [5, 5.41) is 3.71. The minimum absolute atomic E-state index is 0.377. The molecule has 1 aliphatic carbocycles. The van der Waals surface area contributed by atoms with Crippen LogP contribution in [-0.4, -0.2) is 6.54 Å². The lowest BCUT2D eigenvalue weighted by molar-refractivity contribution is 0.257. The van der Waals surface area contributed by atoms with Crippen molar-refractivity contribution in [3.8, 4) is 0 Å². The lowest BCUT2D eigenvalue weighted by atomic mass is 9.85. The largest absolute Gasteiger partial charge is 0.466 e. The maximum atomic E-state index is 5.74.